The third kappa shape index (κ3) is 7.30. The van der Waals surface area contributed by atoms with E-state index in [1.54, 1.807) is 0 Å². The van der Waals surface area contributed by atoms with Crippen molar-refractivity contribution in [3.8, 4) is 5.75 Å². The molecule has 1 atom stereocenters. The van der Waals surface area contributed by atoms with Crippen LogP contribution in [0.3, 0.4) is 0 Å². The van der Waals surface area contributed by atoms with Crippen molar-refractivity contribution in [3.05, 3.63) is 144 Å². The SMILES string of the molecule is O=C(O)CSC(CCCc1ccccc1)(Cc1ccccc1)c1ccc(OCc2ccc3ccccc3n2)cc1. The minimum Gasteiger partial charge on any atom is -0.487 e. The van der Waals surface area contributed by atoms with Gasteiger partial charge in [-0.25, -0.2) is 4.98 Å². The van der Waals surface area contributed by atoms with Crippen LogP contribution in [-0.2, 0) is 29.0 Å². The zero-order valence-corrected chi connectivity index (χ0v) is 23.2. The van der Waals surface area contributed by atoms with E-state index in [1.807, 2.05) is 60.7 Å². The van der Waals surface area contributed by atoms with Gasteiger partial charge < -0.3 is 9.84 Å². The number of para-hydroxylation sites is 1. The van der Waals surface area contributed by atoms with Gasteiger partial charge in [-0.1, -0.05) is 97.1 Å². The quantitative estimate of drug-likeness (QED) is 0.161. The Morgan fingerprint density at radius 3 is 2.17 bits per heavy atom. The lowest BCUT2D eigenvalue weighted by Crippen LogP contribution is -2.27. The van der Waals surface area contributed by atoms with Crippen LogP contribution in [0.2, 0.25) is 0 Å². The topological polar surface area (TPSA) is 59.4 Å². The normalized spacial score (nSPS) is 12.6. The Morgan fingerprint density at radius 2 is 1.45 bits per heavy atom. The van der Waals surface area contributed by atoms with Crippen molar-refractivity contribution in [1.82, 2.24) is 4.98 Å². The van der Waals surface area contributed by atoms with E-state index in [0.29, 0.717) is 6.61 Å². The van der Waals surface area contributed by atoms with Gasteiger partial charge in [0.25, 0.3) is 0 Å². The highest BCUT2D eigenvalue weighted by Gasteiger charge is 2.33. The predicted molar refractivity (Wildman–Crippen MR) is 164 cm³/mol. The molecule has 0 aliphatic heterocycles. The van der Waals surface area contributed by atoms with Gasteiger partial charge in [-0.3, -0.25) is 4.79 Å². The summed E-state index contributed by atoms with van der Waals surface area (Å²) in [7, 11) is 0. The highest BCUT2D eigenvalue weighted by atomic mass is 32.2. The maximum absolute atomic E-state index is 11.7. The number of carboxylic acids is 1. The average Bonchev–Trinajstić information content (AvgIpc) is 3.00. The first-order valence-electron chi connectivity index (χ1n) is 13.6. The van der Waals surface area contributed by atoms with Crippen LogP contribution in [0.25, 0.3) is 10.9 Å². The second kappa shape index (κ2) is 13.3. The number of fused-ring (bicyclic) bond motifs is 1. The monoisotopic (exact) mass is 547 g/mol. The minimum absolute atomic E-state index is 0.0457. The number of pyridine rings is 1. The van der Waals surface area contributed by atoms with Gasteiger partial charge in [-0.2, -0.15) is 0 Å². The van der Waals surface area contributed by atoms with Crippen LogP contribution in [0.15, 0.2) is 121 Å². The number of aromatic nitrogens is 1. The Kier molecular flexibility index (Phi) is 9.15. The summed E-state index contributed by atoms with van der Waals surface area (Å²) in [6.07, 6.45) is 3.51. The van der Waals surface area contributed by atoms with Gasteiger partial charge in [-0.05, 0) is 66.6 Å². The summed E-state index contributed by atoms with van der Waals surface area (Å²) in [6, 6.07) is 41.1. The largest absolute Gasteiger partial charge is 0.487 e. The molecule has 40 heavy (non-hydrogen) atoms. The molecule has 0 saturated heterocycles. The van der Waals surface area contributed by atoms with E-state index in [2.05, 4.69) is 60.7 Å². The van der Waals surface area contributed by atoms with Crippen molar-refractivity contribution in [2.45, 2.75) is 37.0 Å². The van der Waals surface area contributed by atoms with Crippen molar-refractivity contribution in [2.75, 3.05) is 5.75 Å². The highest BCUT2D eigenvalue weighted by Crippen LogP contribution is 2.44. The van der Waals surface area contributed by atoms with Gasteiger partial charge in [0.1, 0.15) is 12.4 Å². The van der Waals surface area contributed by atoms with Crippen molar-refractivity contribution < 1.29 is 14.6 Å². The van der Waals surface area contributed by atoms with Crippen molar-refractivity contribution in [3.63, 3.8) is 0 Å². The molecular formula is C35H33NO3S. The molecule has 5 heteroatoms. The number of aryl methyl sites for hydroxylation is 1. The second-order valence-electron chi connectivity index (χ2n) is 9.99. The zero-order chi connectivity index (χ0) is 27.6. The molecule has 0 aliphatic carbocycles. The summed E-state index contributed by atoms with van der Waals surface area (Å²) in [5, 5.41) is 10.7. The number of hydrogen-bond donors (Lipinski definition) is 1. The first kappa shape index (κ1) is 27.5. The molecule has 1 heterocycles. The maximum atomic E-state index is 11.7. The summed E-state index contributed by atoms with van der Waals surface area (Å²) in [5.74, 6) is 0.0116. The number of hydrogen-bond acceptors (Lipinski definition) is 4. The number of benzene rings is 4. The van der Waals surface area contributed by atoms with Gasteiger partial charge in [0.15, 0.2) is 0 Å². The Hall–Kier alpha value is -4.09. The van der Waals surface area contributed by atoms with Gasteiger partial charge in [0.2, 0.25) is 0 Å². The van der Waals surface area contributed by atoms with Gasteiger partial charge in [0.05, 0.1) is 17.0 Å². The van der Waals surface area contributed by atoms with E-state index in [-0.39, 0.29) is 10.5 Å². The molecule has 5 aromatic rings. The number of ether oxygens (including phenoxy) is 1. The van der Waals surface area contributed by atoms with E-state index in [9.17, 15) is 9.90 Å². The number of carbonyl (C=O) groups is 1. The van der Waals surface area contributed by atoms with E-state index in [0.717, 1.165) is 53.6 Å². The smallest absolute Gasteiger partial charge is 0.313 e. The highest BCUT2D eigenvalue weighted by molar-refractivity contribution is 8.00. The van der Waals surface area contributed by atoms with E-state index in [4.69, 9.17) is 9.72 Å². The molecular weight excluding hydrogens is 514 g/mol. The van der Waals surface area contributed by atoms with Crippen molar-refractivity contribution in [2.24, 2.45) is 0 Å². The number of carboxylic acid groups (broad SMARTS) is 1. The molecule has 1 aromatic heterocycles. The molecule has 4 nitrogen and oxygen atoms in total. The van der Waals surface area contributed by atoms with Crippen LogP contribution in [-0.4, -0.2) is 21.8 Å². The summed E-state index contributed by atoms with van der Waals surface area (Å²) >= 11 is 1.53. The van der Waals surface area contributed by atoms with E-state index < -0.39 is 5.97 Å². The van der Waals surface area contributed by atoms with Crippen LogP contribution in [0.4, 0.5) is 0 Å². The predicted octanol–water partition coefficient (Wildman–Crippen LogP) is 8.09. The van der Waals surface area contributed by atoms with Crippen molar-refractivity contribution in [1.29, 1.82) is 0 Å². The summed E-state index contributed by atoms with van der Waals surface area (Å²) in [5.41, 5.74) is 5.44. The molecule has 202 valence electrons. The van der Waals surface area contributed by atoms with Crippen LogP contribution in [0, 0.1) is 0 Å². The van der Waals surface area contributed by atoms with Crippen LogP contribution >= 0.6 is 11.8 Å². The molecule has 0 spiro atoms. The third-order valence-electron chi connectivity index (χ3n) is 7.12. The number of nitrogens with zero attached hydrogens (tertiary/aromatic N) is 1. The molecule has 5 rings (SSSR count). The minimum atomic E-state index is -0.798. The fourth-order valence-electron chi connectivity index (χ4n) is 5.09. The number of rotatable bonds is 13. The Labute approximate surface area is 240 Å². The molecule has 0 amide bonds. The van der Waals surface area contributed by atoms with Gasteiger partial charge in [0, 0.05) is 10.1 Å². The van der Waals surface area contributed by atoms with Crippen LogP contribution < -0.4 is 4.74 Å². The molecule has 0 bridgehead atoms. The first-order valence-corrected chi connectivity index (χ1v) is 14.6. The third-order valence-corrected chi connectivity index (χ3v) is 8.64. The zero-order valence-electron chi connectivity index (χ0n) is 22.4. The molecule has 1 N–H and O–H groups in total. The maximum Gasteiger partial charge on any atom is 0.313 e. The van der Waals surface area contributed by atoms with Crippen LogP contribution in [0.5, 0.6) is 5.75 Å². The summed E-state index contributed by atoms with van der Waals surface area (Å²) in [4.78, 5) is 16.4. The van der Waals surface area contributed by atoms with E-state index in [1.165, 1.54) is 22.9 Å². The molecule has 0 radical (unpaired) electrons. The summed E-state index contributed by atoms with van der Waals surface area (Å²) in [6.45, 7) is 0.379. The fourth-order valence-corrected chi connectivity index (χ4v) is 6.35. The molecule has 1 unspecified atom stereocenters. The number of aliphatic carboxylic acids is 1. The summed E-state index contributed by atoms with van der Waals surface area (Å²) < 4.78 is 5.72. The molecule has 0 saturated carbocycles. The van der Waals surface area contributed by atoms with Gasteiger partial charge in [-0.15, -0.1) is 11.8 Å². The lowest BCUT2D eigenvalue weighted by atomic mass is 9.86. The molecule has 0 aliphatic rings. The van der Waals surface area contributed by atoms with Gasteiger partial charge >= 0.3 is 5.97 Å². The second-order valence-corrected chi connectivity index (χ2v) is 11.3. The average molecular weight is 548 g/mol. The standard InChI is InChI=1S/C35H33NO3S/c37-34(38)26-40-35(24-28-12-5-2-6-13-28,23-9-14-27-10-3-1-4-11-27)30-18-21-32(22-19-30)39-25-31-20-17-29-15-7-8-16-33(29)36-31/h1-8,10-13,15-22H,9,14,23-26H2,(H,37,38). The Morgan fingerprint density at radius 1 is 0.775 bits per heavy atom. The lowest BCUT2D eigenvalue weighted by molar-refractivity contribution is -0.133. The molecule has 4 aromatic carbocycles. The number of thioether (sulfide) groups is 1. The lowest BCUT2D eigenvalue weighted by Gasteiger charge is -2.34. The van der Waals surface area contributed by atoms with Crippen molar-refractivity contribution >= 4 is 28.6 Å². The Bertz CT molecular complexity index is 1520. The fraction of sp³-hybridized carbons (Fsp3) is 0.200. The van der Waals surface area contributed by atoms with E-state index >= 15 is 0 Å². The first-order chi connectivity index (χ1) is 19.6. The molecule has 0 fully saturated rings. The Balaban J connectivity index is 1.37. The van der Waals surface area contributed by atoms with Crippen LogP contribution in [0.1, 0.15) is 35.2 Å².